The fraction of sp³-hybridized carbons (Fsp3) is 0.368. The maximum absolute atomic E-state index is 14.1. The Hall–Kier alpha value is -1.67. The summed E-state index contributed by atoms with van der Waals surface area (Å²) in [4.78, 5) is 0. The van der Waals surface area contributed by atoms with Gasteiger partial charge in [0.2, 0.25) is 0 Å². The summed E-state index contributed by atoms with van der Waals surface area (Å²) in [5.74, 6) is 0.354. The minimum Gasteiger partial charge on any atom is -0.317 e. The van der Waals surface area contributed by atoms with Gasteiger partial charge in [-0.1, -0.05) is 29.8 Å². The van der Waals surface area contributed by atoms with E-state index >= 15 is 0 Å². The smallest absolute Gasteiger partial charge is 0.124 e. The summed E-state index contributed by atoms with van der Waals surface area (Å²) in [6.45, 7) is 6.22. The van der Waals surface area contributed by atoms with Crippen molar-refractivity contribution in [2.24, 2.45) is 0 Å². The summed E-state index contributed by atoms with van der Waals surface area (Å²) in [6, 6.07) is 11.9. The topological polar surface area (TPSA) is 12.0 Å². The molecule has 1 nitrogen and oxygen atoms in total. The third-order valence-corrected chi connectivity index (χ3v) is 4.43. The Labute approximate surface area is 126 Å². The molecule has 2 aromatic rings. The van der Waals surface area contributed by atoms with Gasteiger partial charge in [0.1, 0.15) is 5.82 Å². The predicted molar refractivity (Wildman–Crippen MR) is 86.2 cm³/mol. The van der Waals surface area contributed by atoms with Crippen LogP contribution in [0.15, 0.2) is 36.4 Å². The zero-order valence-corrected chi connectivity index (χ0v) is 12.7. The van der Waals surface area contributed by atoms with E-state index < -0.39 is 0 Å². The quantitative estimate of drug-likeness (QED) is 0.851. The predicted octanol–water partition coefficient (Wildman–Crippen LogP) is 4.58. The first-order chi connectivity index (χ1) is 10.1. The van der Waals surface area contributed by atoms with Crippen molar-refractivity contribution in [3.05, 3.63) is 58.9 Å². The molecule has 0 aromatic heterocycles. The van der Waals surface area contributed by atoms with Crippen LogP contribution in [0.1, 0.15) is 35.4 Å². The number of rotatable bonds is 2. The van der Waals surface area contributed by atoms with Gasteiger partial charge < -0.3 is 5.32 Å². The molecule has 1 fully saturated rings. The maximum Gasteiger partial charge on any atom is 0.124 e. The molecule has 0 amide bonds. The molecule has 2 aromatic carbocycles. The van der Waals surface area contributed by atoms with Gasteiger partial charge in [-0.15, -0.1) is 0 Å². The van der Waals surface area contributed by atoms with Gasteiger partial charge in [0.05, 0.1) is 0 Å². The van der Waals surface area contributed by atoms with Crippen molar-refractivity contribution in [2.75, 3.05) is 13.1 Å². The molecule has 110 valence electrons. The maximum atomic E-state index is 14.1. The second kappa shape index (κ2) is 5.98. The summed E-state index contributed by atoms with van der Waals surface area (Å²) in [6.07, 6.45) is 2.19. The largest absolute Gasteiger partial charge is 0.317 e. The van der Waals surface area contributed by atoms with Crippen molar-refractivity contribution in [2.45, 2.75) is 32.6 Å². The van der Waals surface area contributed by atoms with E-state index in [-0.39, 0.29) is 5.82 Å². The molecular weight excluding hydrogens is 261 g/mol. The van der Waals surface area contributed by atoms with E-state index in [1.54, 1.807) is 12.1 Å². The van der Waals surface area contributed by atoms with E-state index in [2.05, 4.69) is 43.4 Å². The number of aryl methyl sites for hydroxylation is 2. The summed E-state index contributed by atoms with van der Waals surface area (Å²) in [5.41, 5.74) is 5.70. The van der Waals surface area contributed by atoms with Crippen LogP contribution in [-0.2, 0) is 0 Å². The van der Waals surface area contributed by atoms with Gasteiger partial charge in [-0.3, -0.25) is 0 Å². The van der Waals surface area contributed by atoms with Crippen molar-refractivity contribution >= 4 is 0 Å². The average Bonchev–Trinajstić information content (AvgIpc) is 2.50. The molecule has 0 unspecified atom stereocenters. The molecule has 1 heterocycles. The van der Waals surface area contributed by atoms with E-state index in [4.69, 9.17) is 0 Å². The highest BCUT2D eigenvalue weighted by molar-refractivity contribution is 5.68. The monoisotopic (exact) mass is 283 g/mol. The molecule has 1 aliphatic heterocycles. The molecule has 1 N–H and O–H groups in total. The standard InChI is InChI=1S/C19H22FN/c1-13-3-4-14(2)19(9-13)17-10-16(11-18(20)12-17)15-5-7-21-8-6-15/h3-4,9-12,15,21H,5-8H2,1-2H3. The lowest BCUT2D eigenvalue weighted by Crippen LogP contribution is -2.26. The molecule has 0 atom stereocenters. The van der Waals surface area contributed by atoms with Crippen LogP contribution < -0.4 is 5.32 Å². The molecular formula is C19H22FN. The first-order valence-electron chi connectivity index (χ1n) is 7.72. The van der Waals surface area contributed by atoms with Gasteiger partial charge in [-0.05, 0) is 80.1 Å². The Balaban J connectivity index is 2.02. The van der Waals surface area contributed by atoms with Gasteiger partial charge in [-0.2, -0.15) is 0 Å². The normalized spacial score (nSPS) is 16.1. The van der Waals surface area contributed by atoms with E-state index in [1.165, 1.54) is 11.1 Å². The number of nitrogens with one attached hydrogen (secondary N) is 1. The number of hydrogen-bond donors (Lipinski definition) is 1. The molecule has 1 aliphatic rings. The van der Waals surface area contributed by atoms with Crippen molar-refractivity contribution in [1.29, 1.82) is 0 Å². The Morgan fingerprint density at radius 1 is 1.00 bits per heavy atom. The molecule has 0 spiro atoms. The SMILES string of the molecule is Cc1ccc(C)c(-c2cc(F)cc(C3CCNCC3)c2)c1. The van der Waals surface area contributed by atoms with E-state index in [0.29, 0.717) is 5.92 Å². The third-order valence-electron chi connectivity index (χ3n) is 4.43. The summed E-state index contributed by atoms with van der Waals surface area (Å²) < 4.78 is 14.1. The lowest BCUT2D eigenvalue weighted by Gasteiger charge is -2.23. The van der Waals surface area contributed by atoms with Crippen LogP contribution in [-0.4, -0.2) is 13.1 Å². The van der Waals surface area contributed by atoms with E-state index in [0.717, 1.165) is 42.6 Å². The fourth-order valence-electron chi connectivity index (χ4n) is 3.21. The molecule has 0 saturated carbocycles. The van der Waals surface area contributed by atoms with E-state index in [9.17, 15) is 4.39 Å². The second-order valence-electron chi connectivity index (χ2n) is 6.12. The van der Waals surface area contributed by atoms with Crippen LogP contribution in [0.4, 0.5) is 4.39 Å². The highest BCUT2D eigenvalue weighted by Gasteiger charge is 2.17. The van der Waals surface area contributed by atoms with Crippen molar-refractivity contribution in [1.82, 2.24) is 5.32 Å². The molecule has 3 rings (SSSR count). The van der Waals surface area contributed by atoms with Gasteiger partial charge in [0.15, 0.2) is 0 Å². The zero-order valence-electron chi connectivity index (χ0n) is 12.7. The lowest BCUT2D eigenvalue weighted by molar-refractivity contribution is 0.458. The Morgan fingerprint density at radius 2 is 1.76 bits per heavy atom. The summed E-state index contributed by atoms with van der Waals surface area (Å²) in [7, 11) is 0. The number of piperidine rings is 1. The van der Waals surface area contributed by atoms with Crippen molar-refractivity contribution < 1.29 is 4.39 Å². The minimum atomic E-state index is -0.123. The van der Waals surface area contributed by atoms with Crippen molar-refractivity contribution in [3.63, 3.8) is 0 Å². The van der Waals surface area contributed by atoms with Gasteiger partial charge >= 0.3 is 0 Å². The highest BCUT2D eigenvalue weighted by atomic mass is 19.1. The number of hydrogen-bond acceptors (Lipinski definition) is 1. The average molecular weight is 283 g/mol. The van der Waals surface area contributed by atoms with Crippen LogP contribution in [0.2, 0.25) is 0 Å². The molecule has 0 aliphatic carbocycles. The Kier molecular flexibility index (Phi) is 4.07. The second-order valence-corrected chi connectivity index (χ2v) is 6.12. The van der Waals surface area contributed by atoms with E-state index in [1.807, 2.05) is 0 Å². The third kappa shape index (κ3) is 3.16. The zero-order chi connectivity index (χ0) is 14.8. The summed E-state index contributed by atoms with van der Waals surface area (Å²) >= 11 is 0. The first kappa shape index (κ1) is 14.3. The fourth-order valence-corrected chi connectivity index (χ4v) is 3.21. The molecule has 2 heteroatoms. The van der Waals surface area contributed by atoms with Gasteiger partial charge in [0, 0.05) is 0 Å². The summed E-state index contributed by atoms with van der Waals surface area (Å²) in [5, 5.41) is 3.37. The van der Waals surface area contributed by atoms with Gasteiger partial charge in [-0.25, -0.2) is 4.39 Å². The highest BCUT2D eigenvalue weighted by Crippen LogP contribution is 2.32. The first-order valence-corrected chi connectivity index (χ1v) is 7.72. The van der Waals surface area contributed by atoms with Crippen LogP contribution in [0.25, 0.3) is 11.1 Å². The van der Waals surface area contributed by atoms with Crippen LogP contribution in [0, 0.1) is 19.7 Å². The number of halogens is 1. The van der Waals surface area contributed by atoms with Crippen molar-refractivity contribution in [3.8, 4) is 11.1 Å². The Morgan fingerprint density at radius 3 is 2.52 bits per heavy atom. The molecule has 1 saturated heterocycles. The van der Waals surface area contributed by atoms with Crippen LogP contribution in [0.5, 0.6) is 0 Å². The lowest BCUT2D eigenvalue weighted by atomic mass is 9.87. The Bertz CT molecular complexity index is 642. The number of benzene rings is 2. The molecule has 0 radical (unpaired) electrons. The molecule has 21 heavy (non-hydrogen) atoms. The van der Waals surface area contributed by atoms with Crippen LogP contribution in [0.3, 0.4) is 0 Å². The molecule has 0 bridgehead atoms. The van der Waals surface area contributed by atoms with Crippen LogP contribution >= 0.6 is 0 Å². The minimum absolute atomic E-state index is 0.123. The van der Waals surface area contributed by atoms with Gasteiger partial charge in [0.25, 0.3) is 0 Å².